The van der Waals surface area contributed by atoms with Crippen LogP contribution in [0.1, 0.15) is 35.2 Å². The van der Waals surface area contributed by atoms with Crippen LogP contribution in [0.15, 0.2) is 64.4 Å². The molecule has 0 radical (unpaired) electrons. The van der Waals surface area contributed by atoms with Crippen molar-refractivity contribution < 1.29 is 15.0 Å². The smallest absolute Gasteiger partial charge is 0.171 e. The minimum Gasteiger partial charge on any atom is -0.504 e. The SMILES string of the molecule is CCC1C(=O)c2cc(O)c(O)cc2Sc2cc(-c3cccc(Cl)c3)ccc21. The van der Waals surface area contributed by atoms with E-state index < -0.39 is 0 Å². The van der Waals surface area contributed by atoms with Crippen LogP contribution >= 0.6 is 23.4 Å². The lowest BCUT2D eigenvalue weighted by molar-refractivity contribution is 0.0953. The second-order valence-electron chi connectivity index (χ2n) is 6.53. The molecule has 3 aromatic rings. The number of hydrogen-bond acceptors (Lipinski definition) is 4. The van der Waals surface area contributed by atoms with Gasteiger partial charge < -0.3 is 10.2 Å². The highest BCUT2D eigenvalue weighted by Crippen LogP contribution is 2.46. The van der Waals surface area contributed by atoms with Gasteiger partial charge in [0.25, 0.3) is 0 Å². The Morgan fingerprint density at radius 3 is 2.44 bits per heavy atom. The first-order valence-corrected chi connectivity index (χ1v) is 9.85. The van der Waals surface area contributed by atoms with Gasteiger partial charge in [-0.25, -0.2) is 0 Å². The van der Waals surface area contributed by atoms with Gasteiger partial charge in [-0.1, -0.05) is 54.6 Å². The van der Waals surface area contributed by atoms with Crippen LogP contribution in [0.5, 0.6) is 11.5 Å². The minimum atomic E-state index is -0.286. The molecule has 0 aliphatic carbocycles. The van der Waals surface area contributed by atoms with E-state index in [0.717, 1.165) is 21.6 Å². The van der Waals surface area contributed by atoms with Gasteiger partial charge in [-0.3, -0.25) is 4.79 Å². The number of carbonyl (C=O) groups excluding carboxylic acids is 1. The molecule has 1 heterocycles. The molecule has 0 saturated carbocycles. The minimum absolute atomic E-state index is 0.0374. The van der Waals surface area contributed by atoms with Crippen LogP contribution in [0, 0.1) is 0 Å². The Bertz CT molecular complexity index is 1060. The second-order valence-corrected chi connectivity index (χ2v) is 8.05. The van der Waals surface area contributed by atoms with Crippen molar-refractivity contribution in [3.05, 3.63) is 70.7 Å². The summed E-state index contributed by atoms with van der Waals surface area (Å²) in [7, 11) is 0. The Labute approximate surface area is 166 Å². The normalized spacial score (nSPS) is 15.8. The zero-order valence-electron chi connectivity index (χ0n) is 14.6. The monoisotopic (exact) mass is 396 g/mol. The molecule has 5 heteroatoms. The molecule has 4 rings (SSSR count). The van der Waals surface area contributed by atoms with Crippen LogP contribution in [0.25, 0.3) is 11.1 Å². The Morgan fingerprint density at radius 2 is 1.70 bits per heavy atom. The number of benzene rings is 3. The van der Waals surface area contributed by atoms with E-state index in [1.807, 2.05) is 43.3 Å². The molecule has 2 N–H and O–H groups in total. The van der Waals surface area contributed by atoms with Gasteiger partial charge in [0.05, 0.1) is 0 Å². The average molecular weight is 397 g/mol. The first-order chi connectivity index (χ1) is 13.0. The maximum atomic E-state index is 13.1. The summed E-state index contributed by atoms with van der Waals surface area (Å²) < 4.78 is 0. The molecule has 0 spiro atoms. The van der Waals surface area contributed by atoms with E-state index in [1.54, 1.807) is 0 Å². The van der Waals surface area contributed by atoms with Crippen LogP contribution < -0.4 is 0 Å². The van der Waals surface area contributed by atoms with Crippen molar-refractivity contribution in [1.29, 1.82) is 0 Å². The van der Waals surface area contributed by atoms with Crippen molar-refractivity contribution >= 4 is 29.1 Å². The summed E-state index contributed by atoms with van der Waals surface area (Å²) in [5, 5.41) is 20.4. The largest absolute Gasteiger partial charge is 0.504 e. The van der Waals surface area contributed by atoms with Crippen molar-refractivity contribution in [3.8, 4) is 22.6 Å². The lowest BCUT2D eigenvalue weighted by Crippen LogP contribution is -2.12. The van der Waals surface area contributed by atoms with E-state index in [2.05, 4.69) is 6.07 Å². The van der Waals surface area contributed by atoms with E-state index in [4.69, 9.17) is 11.6 Å². The van der Waals surface area contributed by atoms with Crippen molar-refractivity contribution in [1.82, 2.24) is 0 Å². The maximum Gasteiger partial charge on any atom is 0.171 e. The fraction of sp³-hybridized carbons (Fsp3) is 0.136. The van der Waals surface area contributed by atoms with Crippen molar-refractivity contribution in [2.45, 2.75) is 29.1 Å². The molecule has 1 aliphatic heterocycles. The van der Waals surface area contributed by atoms with Crippen LogP contribution in [0.3, 0.4) is 0 Å². The van der Waals surface area contributed by atoms with Crippen molar-refractivity contribution in [2.75, 3.05) is 0 Å². The number of fused-ring (bicyclic) bond motifs is 2. The number of ketones is 1. The fourth-order valence-corrected chi connectivity index (χ4v) is 4.83. The molecule has 3 aromatic carbocycles. The second kappa shape index (κ2) is 6.95. The van der Waals surface area contributed by atoms with Gasteiger partial charge >= 0.3 is 0 Å². The van der Waals surface area contributed by atoms with Crippen LogP contribution in [0.2, 0.25) is 5.02 Å². The lowest BCUT2D eigenvalue weighted by atomic mass is 9.87. The molecule has 27 heavy (non-hydrogen) atoms. The highest BCUT2D eigenvalue weighted by Gasteiger charge is 2.30. The summed E-state index contributed by atoms with van der Waals surface area (Å²) >= 11 is 7.56. The number of phenols is 2. The molecule has 136 valence electrons. The van der Waals surface area contributed by atoms with Crippen molar-refractivity contribution in [2.24, 2.45) is 0 Å². The van der Waals surface area contributed by atoms with Gasteiger partial charge in [-0.2, -0.15) is 0 Å². The summed E-state index contributed by atoms with van der Waals surface area (Å²) in [6.07, 6.45) is 0.657. The van der Waals surface area contributed by atoms with Gasteiger partial charge in [0.2, 0.25) is 0 Å². The highest BCUT2D eigenvalue weighted by molar-refractivity contribution is 7.99. The summed E-state index contributed by atoms with van der Waals surface area (Å²) in [6, 6.07) is 16.5. The number of Topliss-reactive ketones (excluding diaryl/α,β-unsaturated/α-hetero) is 1. The van der Waals surface area contributed by atoms with E-state index >= 15 is 0 Å². The Kier molecular flexibility index (Phi) is 4.62. The standard InChI is InChI=1S/C22H17ClO3S/c1-2-15-16-7-6-13(12-4-3-5-14(23)8-12)9-20(16)27-21-11-19(25)18(24)10-17(21)22(15)26/h3-11,15,24-25H,2H2,1H3. The van der Waals surface area contributed by atoms with Gasteiger partial charge in [0, 0.05) is 26.3 Å². The number of phenolic OH excluding ortho intramolecular Hbond substituents is 2. The van der Waals surface area contributed by atoms with E-state index in [1.165, 1.54) is 23.9 Å². The Morgan fingerprint density at radius 1 is 0.963 bits per heavy atom. The Hall–Kier alpha value is -2.43. The zero-order chi connectivity index (χ0) is 19.1. The molecule has 1 aliphatic rings. The molecule has 0 bridgehead atoms. The predicted molar refractivity (Wildman–Crippen MR) is 108 cm³/mol. The lowest BCUT2D eigenvalue weighted by Gasteiger charge is -2.15. The molecule has 3 nitrogen and oxygen atoms in total. The third kappa shape index (κ3) is 3.20. The van der Waals surface area contributed by atoms with Gasteiger partial charge in [0.15, 0.2) is 17.3 Å². The third-order valence-corrected chi connectivity index (χ3v) is 6.20. The molecule has 0 fully saturated rings. The van der Waals surface area contributed by atoms with Crippen LogP contribution in [-0.2, 0) is 0 Å². The van der Waals surface area contributed by atoms with Crippen molar-refractivity contribution in [3.63, 3.8) is 0 Å². The number of rotatable bonds is 2. The molecule has 0 saturated heterocycles. The molecule has 1 atom stereocenters. The highest BCUT2D eigenvalue weighted by atomic mass is 35.5. The first kappa shape index (κ1) is 18.0. The topological polar surface area (TPSA) is 57.5 Å². The molecule has 0 aromatic heterocycles. The van der Waals surface area contributed by atoms with E-state index in [9.17, 15) is 15.0 Å². The number of aromatic hydroxyl groups is 2. The maximum absolute atomic E-state index is 13.1. The predicted octanol–water partition coefficient (Wildman–Crippen LogP) is 6.26. The van der Waals surface area contributed by atoms with Gasteiger partial charge in [0.1, 0.15) is 0 Å². The molecular weight excluding hydrogens is 380 g/mol. The summed E-state index contributed by atoms with van der Waals surface area (Å²) in [4.78, 5) is 14.7. The van der Waals surface area contributed by atoms with Crippen LogP contribution in [0.4, 0.5) is 0 Å². The number of carbonyl (C=O) groups is 1. The molecule has 1 unspecified atom stereocenters. The first-order valence-electron chi connectivity index (χ1n) is 8.66. The summed E-state index contributed by atoms with van der Waals surface area (Å²) in [5.41, 5.74) is 3.43. The summed E-state index contributed by atoms with van der Waals surface area (Å²) in [6.45, 7) is 1.98. The average Bonchev–Trinajstić information content (AvgIpc) is 2.76. The molecular formula is C22H17ClO3S. The van der Waals surface area contributed by atoms with Gasteiger partial charge in [-0.05, 0) is 53.4 Å². The zero-order valence-corrected chi connectivity index (χ0v) is 16.1. The Balaban J connectivity index is 1.89. The molecule has 0 amide bonds. The fourth-order valence-electron chi connectivity index (χ4n) is 3.45. The summed E-state index contributed by atoms with van der Waals surface area (Å²) in [5.74, 6) is -0.824. The van der Waals surface area contributed by atoms with Crippen LogP contribution in [-0.4, -0.2) is 16.0 Å². The number of halogens is 1. The van der Waals surface area contributed by atoms with Gasteiger partial charge in [-0.15, -0.1) is 0 Å². The third-order valence-electron chi connectivity index (χ3n) is 4.83. The number of hydrogen-bond donors (Lipinski definition) is 2. The quantitative estimate of drug-likeness (QED) is 0.502. The van der Waals surface area contributed by atoms with E-state index in [0.29, 0.717) is 21.9 Å². The van der Waals surface area contributed by atoms with E-state index in [-0.39, 0.29) is 23.2 Å².